The number of aldehydes is 1. The van der Waals surface area contributed by atoms with Crippen LogP contribution in [0.1, 0.15) is 23.6 Å². The minimum atomic E-state index is -1.54. The summed E-state index contributed by atoms with van der Waals surface area (Å²) in [5.74, 6) is -4.47. The van der Waals surface area contributed by atoms with Gasteiger partial charge in [-0.3, -0.25) is 4.79 Å². The number of benzene rings is 2. The molecule has 0 aliphatic carbocycles. The molecule has 2 aromatic carbocycles. The zero-order valence-electron chi connectivity index (χ0n) is 20.4. The second-order valence-electron chi connectivity index (χ2n) is 8.52. The van der Waals surface area contributed by atoms with Crippen molar-refractivity contribution in [2.45, 2.75) is 20.4 Å². The van der Waals surface area contributed by atoms with Crippen LogP contribution in [0.15, 0.2) is 71.7 Å². The minimum Gasteiger partial charge on any atom is -0.383 e. The lowest BCUT2D eigenvalue weighted by molar-refractivity contribution is -0.103. The Morgan fingerprint density at radius 3 is 2.36 bits per heavy atom. The van der Waals surface area contributed by atoms with Crippen molar-refractivity contribution in [1.29, 1.82) is 0 Å². The van der Waals surface area contributed by atoms with Crippen molar-refractivity contribution in [3.05, 3.63) is 107 Å². The number of hydrogen-bond acceptors (Lipinski definition) is 3. The third kappa shape index (κ3) is 6.10. The Morgan fingerprint density at radius 1 is 1.08 bits per heavy atom. The van der Waals surface area contributed by atoms with Crippen LogP contribution in [0, 0.1) is 30.2 Å². The molecule has 1 aliphatic heterocycles. The van der Waals surface area contributed by atoms with E-state index < -0.39 is 23.3 Å². The maximum Gasteiger partial charge on any atom is 0.208 e. The number of guanidine groups is 1. The average molecular weight is 499 g/mol. The molecule has 0 saturated heterocycles. The van der Waals surface area contributed by atoms with E-state index in [9.17, 15) is 22.4 Å². The maximum absolute atomic E-state index is 14.8. The number of halogens is 4. The lowest BCUT2D eigenvalue weighted by Gasteiger charge is -2.30. The van der Waals surface area contributed by atoms with Gasteiger partial charge in [0.1, 0.15) is 5.82 Å². The fraction of sp³-hybridized carbons (Fsp3) is 0.185. The van der Waals surface area contributed by atoms with E-state index in [-0.39, 0.29) is 29.2 Å². The highest BCUT2D eigenvalue weighted by Crippen LogP contribution is 2.28. The standard InChI is InChI=1S/C27H26F4N4O/c1-16-9-22(28)21(20(15-36)7-6-8-34(4)5)12-25(16)33-27-32-18(3)17(2)13-35(27)14-19-10-23(29)26(31)24(30)11-19/h6-13,15H,3,14H2,1-2,4-5H3,(H,32,33)/b8-6-,20-7+. The second kappa shape index (κ2) is 11.1. The van der Waals surface area contributed by atoms with Crippen molar-refractivity contribution in [3.8, 4) is 0 Å². The number of nitrogens with one attached hydrogen (secondary N) is 1. The van der Waals surface area contributed by atoms with Crippen LogP contribution in [0.2, 0.25) is 0 Å². The molecule has 0 fully saturated rings. The first kappa shape index (κ1) is 26.5. The molecule has 3 rings (SSSR count). The minimum absolute atomic E-state index is 0.0352. The molecule has 1 aliphatic rings. The Balaban J connectivity index is 2.06. The molecule has 0 spiro atoms. The molecule has 0 bridgehead atoms. The van der Waals surface area contributed by atoms with E-state index in [4.69, 9.17) is 0 Å². The van der Waals surface area contributed by atoms with E-state index >= 15 is 0 Å². The number of rotatable bonds is 7. The molecule has 1 heterocycles. The summed E-state index contributed by atoms with van der Waals surface area (Å²) in [5, 5.41) is 3.03. The van der Waals surface area contributed by atoms with E-state index in [1.54, 1.807) is 42.1 Å². The molecule has 1 N–H and O–H groups in total. The smallest absolute Gasteiger partial charge is 0.208 e. The number of carbonyl (C=O) groups excluding carboxylic acids is 1. The van der Waals surface area contributed by atoms with Crippen molar-refractivity contribution in [1.82, 2.24) is 15.1 Å². The van der Waals surface area contributed by atoms with Crippen LogP contribution in [-0.4, -0.2) is 36.1 Å². The maximum atomic E-state index is 14.8. The highest BCUT2D eigenvalue weighted by Gasteiger charge is 2.21. The Bertz CT molecular complexity index is 1300. The summed E-state index contributed by atoms with van der Waals surface area (Å²) >= 11 is 0. The molecular weight excluding hydrogens is 472 g/mol. The average Bonchev–Trinajstić information content (AvgIpc) is 2.80. The summed E-state index contributed by atoms with van der Waals surface area (Å²) in [6, 6.07) is 4.54. The molecule has 188 valence electrons. The lowest BCUT2D eigenvalue weighted by Crippen LogP contribution is -2.41. The summed E-state index contributed by atoms with van der Waals surface area (Å²) < 4.78 is 55.7. The van der Waals surface area contributed by atoms with Gasteiger partial charge in [-0.05, 0) is 73.2 Å². The molecule has 5 nitrogen and oxygen atoms in total. The Kier molecular flexibility index (Phi) is 8.14. The normalized spacial score (nSPS) is 15.4. The topological polar surface area (TPSA) is 47.9 Å². The molecule has 2 aromatic rings. The Morgan fingerprint density at radius 2 is 1.75 bits per heavy atom. The van der Waals surface area contributed by atoms with Gasteiger partial charge in [-0.1, -0.05) is 6.58 Å². The van der Waals surface area contributed by atoms with Gasteiger partial charge in [0.15, 0.2) is 23.7 Å². The Hall–Kier alpha value is -4.14. The summed E-state index contributed by atoms with van der Waals surface area (Å²) in [6.45, 7) is 7.34. The molecule has 0 radical (unpaired) electrons. The van der Waals surface area contributed by atoms with Crippen LogP contribution >= 0.6 is 0 Å². The predicted molar refractivity (Wildman–Crippen MR) is 133 cm³/mol. The number of hydrogen-bond donors (Lipinski definition) is 1. The highest BCUT2D eigenvalue weighted by atomic mass is 19.2. The fourth-order valence-corrected chi connectivity index (χ4v) is 3.42. The molecule has 36 heavy (non-hydrogen) atoms. The third-order valence-corrected chi connectivity index (χ3v) is 5.37. The van der Waals surface area contributed by atoms with Crippen molar-refractivity contribution in [3.63, 3.8) is 0 Å². The van der Waals surface area contributed by atoms with Gasteiger partial charge in [0.25, 0.3) is 0 Å². The third-order valence-electron chi connectivity index (χ3n) is 5.37. The zero-order chi connectivity index (χ0) is 26.6. The molecule has 0 saturated carbocycles. The largest absolute Gasteiger partial charge is 0.383 e. The van der Waals surface area contributed by atoms with Crippen molar-refractivity contribution < 1.29 is 22.4 Å². The van der Waals surface area contributed by atoms with E-state index in [2.05, 4.69) is 16.9 Å². The molecular formula is C27H26F4N4O. The van der Waals surface area contributed by atoms with Crippen LogP contribution in [0.4, 0.5) is 23.2 Å². The second-order valence-corrected chi connectivity index (χ2v) is 8.52. The van der Waals surface area contributed by atoms with Crippen LogP contribution in [0.5, 0.6) is 0 Å². The highest BCUT2D eigenvalue weighted by molar-refractivity contribution is 6.07. The number of carbonyl (C=O) groups is 1. The zero-order valence-corrected chi connectivity index (χ0v) is 20.4. The van der Waals surface area contributed by atoms with E-state index in [1.165, 1.54) is 18.2 Å². The van der Waals surface area contributed by atoms with Gasteiger partial charge in [0.2, 0.25) is 5.96 Å². The number of aryl methyl sites for hydroxylation is 1. The first-order valence-electron chi connectivity index (χ1n) is 10.9. The molecule has 9 heteroatoms. The first-order valence-corrected chi connectivity index (χ1v) is 10.9. The van der Waals surface area contributed by atoms with Gasteiger partial charge in [0.05, 0.1) is 12.2 Å². The van der Waals surface area contributed by atoms with Gasteiger partial charge in [-0.25, -0.2) is 22.6 Å². The number of nitrogens with zero attached hydrogens (tertiary/aromatic N) is 3. The summed E-state index contributed by atoms with van der Waals surface area (Å²) in [7, 11) is 3.63. The van der Waals surface area contributed by atoms with E-state index in [0.717, 1.165) is 17.7 Å². The summed E-state index contributed by atoms with van der Waals surface area (Å²) in [4.78, 5) is 19.6. The van der Waals surface area contributed by atoms with Crippen LogP contribution in [-0.2, 0) is 11.3 Å². The predicted octanol–water partition coefficient (Wildman–Crippen LogP) is 5.72. The summed E-state index contributed by atoms with van der Waals surface area (Å²) in [5.41, 5.74) is 2.51. The quantitative estimate of drug-likeness (QED) is 0.174. The van der Waals surface area contributed by atoms with Gasteiger partial charge >= 0.3 is 0 Å². The number of aliphatic imine (C=N–C) groups is 1. The number of allylic oxidation sites excluding steroid dienone is 4. The molecule has 0 amide bonds. The van der Waals surface area contributed by atoms with E-state index in [1.807, 2.05) is 14.1 Å². The molecule has 0 unspecified atom stereocenters. The van der Waals surface area contributed by atoms with Crippen molar-refractivity contribution in [2.24, 2.45) is 4.99 Å². The van der Waals surface area contributed by atoms with Crippen LogP contribution in [0.3, 0.4) is 0 Å². The van der Waals surface area contributed by atoms with Gasteiger partial charge in [-0.15, -0.1) is 0 Å². The van der Waals surface area contributed by atoms with Crippen molar-refractivity contribution in [2.75, 3.05) is 14.1 Å². The van der Waals surface area contributed by atoms with Crippen LogP contribution < -0.4 is 5.32 Å². The summed E-state index contributed by atoms with van der Waals surface area (Å²) in [6.07, 6.45) is 7.06. The monoisotopic (exact) mass is 498 g/mol. The molecule has 0 atom stereocenters. The van der Waals surface area contributed by atoms with E-state index in [0.29, 0.717) is 23.2 Å². The SMILES string of the molecule is C=C1NC(=Nc2cc(/C(C=O)=C/C=C\N(C)C)c(F)cc2C)N(Cc2cc(F)c(F)c(F)c2)C=C1C. The van der Waals surface area contributed by atoms with Gasteiger partial charge in [0, 0.05) is 37.1 Å². The lowest BCUT2D eigenvalue weighted by atomic mass is 10.0. The van der Waals surface area contributed by atoms with Gasteiger partial charge in [-0.2, -0.15) is 0 Å². The van der Waals surface area contributed by atoms with Gasteiger partial charge < -0.3 is 15.1 Å². The van der Waals surface area contributed by atoms with Crippen LogP contribution in [0.25, 0.3) is 5.57 Å². The Labute approximate surface area is 207 Å². The fourth-order valence-electron chi connectivity index (χ4n) is 3.42. The first-order chi connectivity index (χ1) is 17.0. The molecule has 0 aromatic heterocycles. The van der Waals surface area contributed by atoms with Crippen molar-refractivity contribution >= 4 is 23.5 Å².